The molecule has 2 N–H and O–H groups in total. The van der Waals surface area contributed by atoms with Gasteiger partial charge in [-0.25, -0.2) is 13.6 Å². The molecule has 1 unspecified atom stereocenters. The fraction of sp³-hybridized carbons (Fsp3) is 0.350. The largest absolute Gasteiger partial charge is 0.496 e. The lowest BCUT2D eigenvalue weighted by Gasteiger charge is -2.18. The first-order chi connectivity index (χ1) is 12.9. The van der Waals surface area contributed by atoms with Crippen molar-refractivity contribution in [2.24, 2.45) is 0 Å². The number of hydrogen-bond acceptors (Lipinski definition) is 3. The summed E-state index contributed by atoms with van der Waals surface area (Å²) >= 11 is 0. The summed E-state index contributed by atoms with van der Waals surface area (Å²) in [5.41, 5.74) is 2.70. The summed E-state index contributed by atoms with van der Waals surface area (Å²) in [5, 5.41) is 5.61. The maximum Gasteiger partial charge on any atom is 0.315 e. The maximum absolute atomic E-state index is 12.2. The van der Waals surface area contributed by atoms with E-state index in [1.54, 1.807) is 31.4 Å². The quantitative estimate of drug-likeness (QED) is 0.724. The molecule has 2 amide bonds. The number of alkyl halides is 2. The first-order valence-corrected chi connectivity index (χ1v) is 8.58. The molecule has 0 saturated heterocycles. The summed E-state index contributed by atoms with van der Waals surface area (Å²) in [6.07, 6.45) is -2.53. The minimum absolute atomic E-state index is 0.245. The Hall–Kier alpha value is -2.83. The summed E-state index contributed by atoms with van der Waals surface area (Å²) in [4.78, 5) is 12.2. The van der Waals surface area contributed by atoms with Gasteiger partial charge in [0.05, 0.1) is 13.2 Å². The van der Waals surface area contributed by atoms with Crippen LogP contribution in [-0.4, -0.2) is 26.2 Å². The van der Waals surface area contributed by atoms with Crippen molar-refractivity contribution in [1.82, 2.24) is 10.6 Å². The first kappa shape index (κ1) is 20.5. The van der Waals surface area contributed by atoms with E-state index in [9.17, 15) is 13.6 Å². The van der Waals surface area contributed by atoms with Crippen molar-refractivity contribution in [1.29, 1.82) is 0 Å². The van der Waals surface area contributed by atoms with E-state index in [1.165, 1.54) is 0 Å². The predicted octanol–water partition coefficient (Wildman–Crippen LogP) is 4.21. The smallest absolute Gasteiger partial charge is 0.315 e. The Kier molecular flexibility index (Phi) is 7.40. The number of rotatable bonds is 8. The van der Waals surface area contributed by atoms with Gasteiger partial charge >= 0.3 is 6.03 Å². The van der Waals surface area contributed by atoms with E-state index in [1.807, 2.05) is 32.0 Å². The van der Waals surface area contributed by atoms with E-state index in [2.05, 4.69) is 10.6 Å². The Balaban J connectivity index is 1.91. The van der Waals surface area contributed by atoms with Gasteiger partial charge in [-0.1, -0.05) is 29.8 Å². The van der Waals surface area contributed by atoms with Crippen molar-refractivity contribution in [2.45, 2.75) is 32.9 Å². The van der Waals surface area contributed by atoms with Crippen LogP contribution in [0.5, 0.6) is 11.5 Å². The molecule has 0 bridgehead atoms. The highest BCUT2D eigenvalue weighted by Gasteiger charge is 2.14. The number of methoxy groups -OCH3 is 1. The highest BCUT2D eigenvalue weighted by Crippen LogP contribution is 2.26. The summed E-state index contributed by atoms with van der Waals surface area (Å²) in [5.74, 6) is 1.05. The molecule has 5 nitrogen and oxygen atoms in total. The monoisotopic (exact) mass is 378 g/mol. The maximum atomic E-state index is 12.2. The van der Waals surface area contributed by atoms with Gasteiger partial charge in [0.2, 0.25) is 0 Å². The zero-order valence-corrected chi connectivity index (χ0v) is 15.6. The van der Waals surface area contributed by atoms with E-state index in [4.69, 9.17) is 9.47 Å². The Bertz CT molecular complexity index is 769. The number of nitrogens with one attached hydrogen (secondary N) is 2. The molecule has 146 valence electrons. The lowest BCUT2D eigenvalue weighted by molar-refractivity contribution is 0.0818. The summed E-state index contributed by atoms with van der Waals surface area (Å²) in [6, 6.07) is 11.9. The molecule has 2 rings (SSSR count). The van der Waals surface area contributed by atoms with Gasteiger partial charge in [0, 0.05) is 12.1 Å². The molecule has 7 heteroatoms. The van der Waals surface area contributed by atoms with Gasteiger partial charge in [0.25, 0.3) is 6.43 Å². The predicted molar refractivity (Wildman–Crippen MR) is 99.5 cm³/mol. The third-order valence-corrected chi connectivity index (χ3v) is 3.93. The van der Waals surface area contributed by atoms with Crippen LogP contribution in [0.15, 0.2) is 42.5 Å². The average molecular weight is 378 g/mol. The van der Waals surface area contributed by atoms with Crippen LogP contribution in [0.2, 0.25) is 0 Å². The number of urea groups is 1. The van der Waals surface area contributed by atoms with Crippen LogP contribution in [0.3, 0.4) is 0 Å². The Morgan fingerprint density at radius 1 is 1.19 bits per heavy atom. The van der Waals surface area contributed by atoms with Crippen molar-refractivity contribution < 1.29 is 23.0 Å². The van der Waals surface area contributed by atoms with E-state index in [0.29, 0.717) is 11.5 Å². The van der Waals surface area contributed by atoms with Crippen molar-refractivity contribution in [2.75, 3.05) is 13.7 Å². The van der Waals surface area contributed by atoms with E-state index in [0.717, 1.165) is 16.7 Å². The molecular weight excluding hydrogens is 354 g/mol. The number of carbonyl (C=O) groups excluding carboxylic acids is 1. The number of hydrogen-bond donors (Lipinski definition) is 2. The third kappa shape index (κ3) is 6.44. The van der Waals surface area contributed by atoms with E-state index >= 15 is 0 Å². The van der Waals surface area contributed by atoms with E-state index < -0.39 is 13.0 Å². The second-order valence-electron chi connectivity index (χ2n) is 6.14. The lowest BCUT2D eigenvalue weighted by Crippen LogP contribution is -2.36. The molecule has 0 spiro atoms. The van der Waals surface area contributed by atoms with Gasteiger partial charge in [0.1, 0.15) is 18.1 Å². The van der Waals surface area contributed by atoms with Crippen LogP contribution >= 0.6 is 0 Å². The number of aryl methyl sites for hydroxylation is 1. The third-order valence-electron chi connectivity index (χ3n) is 3.93. The van der Waals surface area contributed by atoms with Gasteiger partial charge < -0.3 is 20.1 Å². The van der Waals surface area contributed by atoms with Crippen LogP contribution in [0, 0.1) is 6.92 Å². The zero-order valence-electron chi connectivity index (χ0n) is 15.6. The summed E-state index contributed by atoms with van der Waals surface area (Å²) in [7, 11) is 1.59. The molecule has 0 saturated carbocycles. The number of amides is 2. The number of benzene rings is 2. The highest BCUT2D eigenvalue weighted by molar-refractivity contribution is 5.74. The minimum atomic E-state index is -2.53. The first-order valence-electron chi connectivity index (χ1n) is 8.58. The summed E-state index contributed by atoms with van der Waals surface area (Å²) in [6.45, 7) is 3.43. The molecule has 0 aliphatic carbocycles. The Morgan fingerprint density at radius 2 is 1.96 bits per heavy atom. The second kappa shape index (κ2) is 9.75. The molecule has 2 aromatic rings. The Labute approximate surface area is 157 Å². The van der Waals surface area contributed by atoms with Crippen LogP contribution in [0.1, 0.15) is 29.7 Å². The molecule has 0 aliphatic rings. The van der Waals surface area contributed by atoms with Gasteiger partial charge in [-0.15, -0.1) is 0 Å². The molecule has 2 aromatic carbocycles. The standard InChI is InChI=1S/C20H24F2N2O3/c1-13-7-8-18(26-3)17(9-13)14(2)24-20(25)23-11-15-5-4-6-16(10-15)27-12-19(21)22/h4-10,14,19H,11-12H2,1-3H3,(H2,23,24,25). The molecule has 0 aromatic heterocycles. The molecule has 0 heterocycles. The van der Waals surface area contributed by atoms with Gasteiger partial charge in [-0.3, -0.25) is 0 Å². The molecule has 27 heavy (non-hydrogen) atoms. The zero-order chi connectivity index (χ0) is 19.8. The highest BCUT2D eigenvalue weighted by atomic mass is 19.3. The fourth-order valence-electron chi connectivity index (χ4n) is 2.60. The Morgan fingerprint density at radius 3 is 2.67 bits per heavy atom. The average Bonchev–Trinajstić information content (AvgIpc) is 2.65. The van der Waals surface area contributed by atoms with Crippen molar-refractivity contribution in [3.05, 3.63) is 59.2 Å². The second-order valence-corrected chi connectivity index (χ2v) is 6.14. The van der Waals surface area contributed by atoms with Crippen LogP contribution < -0.4 is 20.1 Å². The fourth-order valence-corrected chi connectivity index (χ4v) is 2.60. The van der Waals surface area contributed by atoms with Gasteiger partial charge in [-0.2, -0.15) is 0 Å². The van der Waals surface area contributed by atoms with Crippen molar-refractivity contribution in [3.63, 3.8) is 0 Å². The lowest BCUT2D eigenvalue weighted by atomic mass is 10.0. The minimum Gasteiger partial charge on any atom is -0.496 e. The van der Waals surface area contributed by atoms with Crippen LogP contribution in [-0.2, 0) is 6.54 Å². The van der Waals surface area contributed by atoms with Crippen molar-refractivity contribution >= 4 is 6.03 Å². The van der Waals surface area contributed by atoms with Crippen LogP contribution in [0.4, 0.5) is 13.6 Å². The summed E-state index contributed by atoms with van der Waals surface area (Å²) < 4.78 is 34.8. The molecule has 0 fully saturated rings. The van der Waals surface area contributed by atoms with Gasteiger partial charge in [-0.05, 0) is 37.6 Å². The van der Waals surface area contributed by atoms with Crippen molar-refractivity contribution in [3.8, 4) is 11.5 Å². The molecular formula is C20H24F2N2O3. The number of ether oxygens (including phenoxy) is 2. The number of carbonyl (C=O) groups is 1. The van der Waals surface area contributed by atoms with Crippen LogP contribution in [0.25, 0.3) is 0 Å². The topological polar surface area (TPSA) is 59.6 Å². The SMILES string of the molecule is COc1ccc(C)cc1C(C)NC(=O)NCc1cccc(OCC(F)F)c1. The molecule has 0 aliphatic heterocycles. The van der Waals surface area contributed by atoms with Gasteiger partial charge in [0.15, 0.2) is 0 Å². The number of halogens is 2. The molecule has 0 radical (unpaired) electrons. The van der Waals surface area contributed by atoms with E-state index in [-0.39, 0.29) is 18.6 Å². The normalized spacial score (nSPS) is 11.8. The molecule has 1 atom stereocenters.